The second-order valence-corrected chi connectivity index (χ2v) is 10.0. The molecule has 0 radical (unpaired) electrons. The van der Waals surface area contributed by atoms with Crippen LogP contribution >= 0.6 is 11.8 Å². The molecule has 31 heavy (non-hydrogen) atoms. The SMILES string of the molecule is CN1C(=O)/C(=C/c2ccc(C(F)(F)F)cc2)SC2CCC(C(=O)NC3CCCC3)CC21. The molecule has 1 aliphatic heterocycles. The summed E-state index contributed by atoms with van der Waals surface area (Å²) in [4.78, 5) is 27.9. The Kier molecular flexibility index (Phi) is 6.37. The van der Waals surface area contributed by atoms with Gasteiger partial charge in [-0.25, -0.2) is 0 Å². The van der Waals surface area contributed by atoms with Gasteiger partial charge in [0, 0.05) is 30.3 Å². The summed E-state index contributed by atoms with van der Waals surface area (Å²) in [5, 5.41) is 3.38. The van der Waals surface area contributed by atoms with E-state index in [0.717, 1.165) is 37.8 Å². The van der Waals surface area contributed by atoms with Crippen molar-refractivity contribution in [2.45, 2.75) is 68.5 Å². The number of hydrogen-bond donors (Lipinski definition) is 1. The van der Waals surface area contributed by atoms with Crippen LogP contribution < -0.4 is 5.32 Å². The number of alkyl halides is 3. The van der Waals surface area contributed by atoms with E-state index < -0.39 is 11.7 Å². The van der Waals surface area contributed by atoms with E-state index in [1.807, 2.05) is 0 Å². The number of thioether (sulfide) groups is 1. The van der Waals surface area contributed by atoms with Crippen molar-refractivity contribution in [3.8, 4) is 0 Å². The van der Waals surface area contributed by atoms with Crippen LogP contribution in [0.1, 0.15) is 56.1 Å². The zero-order valence-electron chi connectivity index (χ0n) is 17.5. The lowest BCUT2D eigenvalue weighted by Crippen LogP contribution is -2.52. The van der Waals surface area contributed by atoms with Crippen molar-refractivity contribution in [3.63, 3.8) is 0 Å². The number of carbonyl (C=O) groups is 2. The molecular weight excluding hydrogens is 425 g/mol. The van der Waals surface area contributed by atoms with Gasteiger partial charge in [0.05, 0.1) is 10.5 Å². The number of rotatable bonds is 3. The summed E-state index contributed by atoms with van der Waals surface area (Å²) in [6.45, 7) is 0. The van der Waals surface area contributed by atoms with E-state index in [0.29, 0.717) is 22.9 Å². The summed E-state index contributed by atoms with van der Waals surface area (Å²) in [6.07, 6.45) is 4.02. The third kappa shape index (κ3) is 4.94. The fourth-order valence-electron chi connectivity index (χ4n) is 4.84. The molecule has 3 atom stereocenters. The van der Waals surface area contributed by atoms with Crippen molar-refractivity contribution < 1.29 is 22.8 Å². The molecule has 0 bridgehead atoms. The highest BCUT2D eigenvalue weighted by Crippen LogP contribution is 2.43. The molecule has 1 aromatic rings. The first kappa shape index (κ1) is 22.2. The lowest BCUT2D eigenvalue weighted by atomic mass is 9.83. The Morgan fingerprint density at radius 2 is 1.81 bits per heavy atom. The van der Waals surface area contributed by atoms with Gasteiger partial charge in [0.25, 0.3) is 5.91 Å². The highest BCUT2D eigenvalue weighted by molar-refractivity contribution is 8.04. The van der Waals surface area contributed by atoms with E-state index in [2.05, 4.69) is 5.32 Å². The number of amides is 2. The Morgan fingerprint density at radius 3 is 2.45 bits per heavy atom. The van der Waals surface area contributed by atoms with E-state index in [9.17, 15) is 22.8 Å². The maximum absolute atomic E-state index is 12.9. The molecule has 168 valence electrons. The fraction of sp³-hybridized carbons (Fsp3) is 0.565. The molecule has 1 N–H and O–H groups in total. The zero-order chi connectivity index (χ0) is 22.2. The number of halogens is 3. The summed E-state index contributed by atoms with van der Waals surface area (Å²) in [5.74, 6) is -0.0940. The molecule has 3 aliphatic rings. The number of carbonyl (C=O) groups excluding carboxylic acids is 2. The van der Waals surface area contributed by atoms with Gasteiger partial charge in [0.15, 0.2) is 0 Å². The first-order valence-electron chi connectivity index (χ1n) is 10.9. The maximum atomic E-state index is 12.9. The van der Waals surface area contributed by atoms with E-state index in [-0.39, 0.29) is 29.0 Å². The largest absolute Gasteiger partial charge is 0.416 e. The molecule has 0 aromatic heterocycles. The first-order chi connectivity index (χ1) is 14.7. The van der Waals surface area contributed by atoms with Gasteiger partial charge in [-0.2, -0.15) is 13.2 Å². The standard InChI is InChI=1S/C23H27F3N2O2S/c1-28-18-13-15(21(29)27-17-4-2-3-5-17)8-11-19(18)31-20(22(28)30)12-14-6-9-16(10-7-14)23(24,25)26/h6-7,9-10,12,15,17-19H,2-5,8,11,13H2,1H3,(H,27,29)/b20-12-. The quantitative estimate of drug-likeness (QED) is 0.668. The molecule has 1 aromatic carbocycles. The summed E-state index contributed by atoms with van der Waals surface area (Å²) in [6, 6.07) is 5.13. The molecule has 2 amide bonds. The van der Waals surface area contributed by atoms with E-state index >= 15 is 0 Å². The van der Waals surface area contributed by atoms with Gasteiger partial charge in [-0.05, 0) is 55.9 Å². The molecule has 3 fully saturated rings. The highest BCUT2D eigenvalue weighted by atomic mass is 32.2. The molecule has 1 saturated heterocycles. The van der Waals surface area contributed by atoms with Crippen LogP contribution in [0.3, 0.4) is 0 Å². The normalized spacial score (nSPS) is 28.6. The minimum Gasteiger partial charge on any atom is -0.353 e. The Bertz CT molecular complexity index is 863. The molecule has 2 aliphatic carbocycles. The molecule has 3 unspecified atom stereocenters. The minimum absolute atomic E-state index is 0.00432. The number of nitrogens with one attached hydrogen (secondary N) is 1. The molecule has 4 rings (SSSR count). The minimum atomic E-state index is -4.38. The number of likely N-dealkylation sites (N-methyl/N-ethyl adjacent to an activating group) is 1. The Labute approximate surface area is 184 Å². The summed E-state index contributed by atoms with van der Waals surface area (Å²) < 4.78 is 38.3. The van der Waals surface area contributed by atoms with Gasteiger partial charge >= 0.3 is 6.18 Å². The van der Waals surface area contributed by atoms with Crippen molar-refractivity contribution in [2.24, 2.45) is 5.92 Å². The molecule has 0 spiro atoms. The van der Waals surface area contributed by atoms with Crippen LogP contribution in [0, 0.1) is 5.92 Å². The van der Waals surface area contributed by atoms with Crippen LogP contribution in [0.5, 0.6) is 0 Å². The van der Waals surface area contributed by atoms with Crippen LogP contribution in [0.2, 0.25) is 0 Å². The summed E-state index contributed by atoms with van der Waals surface area (Å²) in [7, 11) is 1.76. The predicted molar refractivity (Wildman–Crippen MR) is 115 cm³/mol. The monoisotopic (exact) mass is 452 g/mol. The summed E-state index contributed by atoms with van der Waals surface area (Å²) in [5.41, 5.74) is -0.135. The first-order valence-corrected chi connectivity index (χ1v) is 11.7. The number of benzene rings is 1. The van der Waals surface area contributed by atoms with Crippen LogP contribution in [0.4, 0.5) is 13.2 Å². The van der Waals surface area contributed by atoms with Crippen LogP contribution in [-0.4, -0.2) is 41.1 Å². The van der Waals surface area contributed by atoms with Crippen molar-refractivity contribution in [1.82, 2.24) is 10.2 Å². The number of fused-ring (bicyclic) bond motifs is 1. The van der Waals surface area contributed by atoms with Gasteiger partial charge in [0.1, 0.15) is 0 Å². The third-order valence-corrected chi connectivity index (χ3v) is 8.07. The third-order valence-electron chi connectivity index (χ3n) is 6.67. The van der Waals surface area contributed by atoms with Gasteiger partial charge in [0.2, 0.25) is 5.91 Å². The zero-order valence-corrected chi connectivity index (χ0v) is 18.3. The highest BCUT2D eigenvalue weighted by Gasteiger charge is 2.43. The van der Waals surface area contributed by atoms with E-state index in [1.54, 1.807) is 18.0 Å². The van der Waals surface area contributed by atoms with Crippen molar-refractivity contribution >= 4 is 29.7 Å². The fourth-order valence-corrected chi connectivity index (χ4v) is 6.32. The maximum Gasteiger partial charge on any atom is 0.416 e. The number of nitrogens with zero attached hydrogens (tertiary/aromatic N) is 1. The van der Waals surface area contributed by atoms with Crippen molar-refractivity contribution in [3.05, 3.63) is 40.3 Å². The lowest BCUT2D eigenvalue weighted by Gasteiger charge is -2.44. The van der Waals surface area contributed by atoms with Crippen LogP contribution in [-0.2, 0) is 15.8 Å². The summed E-state index contributed by atoms with van der Waals surface area (Å²) >= 11 is 1.49. The molecule has 8 heteroatoms. The van der Waals surface area contributed by atoms with Gasteiger partial charge in [-0.1, -0.05) is 25.0 Å². The Hall–Kier alpha value is -1.96. The predicted octanol–water partition coefficient (Wildman–Crippen LogP) is 4.85. The molecular formula is C23H27F3N2O2S. The van der Waals surface area contributed by atoms with Crippen LogP contribution in [0.15, 0.2) is 29.2 Å². The average molecular weight is 453 g/mol. The molecule has 2 saturated carbocycles. The smallest absolute Gasteiger partial charge is 0.353 e. The second kappa shape index (κ2) is 8.88. The van der Waals surface area contributed by atoms with E-state index in [4.69, 9.17) is 0 Å². The Morgan fingerprint density at radius 1 is 1.13 bits per heavy atom. The van der Waals surface area contributed by atoms with Gasteiger partial charge in [-0.15, -0.1) is 11.8 Å². The Balaban J connectivity index is 1.42. The van der Waals surface area contributed by atoms with E-state index in [1.165, 1.54) is 36.7 Å². The molecule has 4 nitrogen and oxygen atoms in total. The number of hydrogen-bond acceptors (Lipinski definition) is 3. The van der Waals surface area contributed by atoms with Gasteiger partial charge < -0.3 is 10.2 Å². The van der Waals surface area contributed by atoms with Crippen molar-refractivity contribution in [1.29, 1.82) is 0 Å². The van der Waals surface area contributed by atoms with Crippen LogP contribution in [0.25, 0.3) is 6.08 Å². The van der Waals surface area contributed by atoms with Crippen molar-refractivity contribution in [2.75, 3.05) is 7.05 Å². The average Bonchev–Trinajstić information content (AvgIpc) is 3.24. The molecule has 1 heterocycles. The lowest BCUT2D eigenvalue weighted by molar-refractivity contribution is -0.137. The van der Waals surface area contributed by atoms with Gasteiger partial charge in [-0.3, -0.25) is 9.59 Å². The second-order valence-electron chi connectivity index (χ2n) is 8.77. The topological polar surface area (TPSA) is 49.4 Å².